The van der Waals surface area contributed by atoms with E-state index >= 15 is 0 Å². The van der Waals surface area contributed by atoms with Gasteiger partial charge in [-0.3, -0.25) is 9.59 Å². The second kappa shape index (κ2) is 5.44. The lowest BCUT2D eigenvalue weighted by Gasteiger charge is -2.29. The number of carboxylic acids is 1. The van der Waals surface area contributed by atoms with Gasteiger partial charge in [-0.25, -0.2) is 4.79 Å². The molecule has 0 saturated heterocycles. The van der Waals surface area contributed by atoms with Gasteiger partial charge in [0.05, 0.1) is 0 Å². The fraction of sp³-hybridized carbons (Fsp3) is 0.438. The Bertz CT molecular complexity index is 637. The van der Waals surface area contributed by atoms with E-state index in [9.17, 15) is 14.4 Å². The maximum atomic E-state index is 12.1. The second-order valence-electron chi connectivity index (χ2n) is 5.86. The van der Waals surface area contributed by atoms with Crippen LogP contribution in [0.1, 0.15) is 31.2 Å². The number of carbonyl (C=O) groups excluding carboxylic acids is 2. The average molecular weight is 302 g/mol. The fourth-order valence-corrected chi connectivity index (χ4v) is 2.80. The smallest absolute Gasteiger partial charge is 0.329 e. The number of rotatable bonds is 5. The van der Waals surface area contributed by atoms with Crippen LogP contribution >= 0.6 is 0 Å². The van der Waals surface area contributed by atoms with Crippen LogP contribution < -0.4 is 10.2 Å². The van der Waals surface area contributed by atoms with Crippen LogP contribution in [-0.4, -0.2) is 35.0 Å². The lowest BCUT2D eigenvalue weighted by atomic mass is 10.0. The van der Waals surface area contributed by atoms with Gasteiger partial charge in [0.1, 0.15) is 5.54 Å². The van der Waals surface area contributed by atoms with Gasteiger partial charge in [-0.15, -0.1) is 0 Å². The summed E-state index contributed by atoms with van der Waals surface area (Å²) in [6, 6.07) is 7.67. The molecule has 0 bridgehead atoms. The maximum Gasteiger partial charge on any atom is 0.329 e. The molecule has 1 saturated carbocycles. The first kappa shape index (κ1) is 14.6. The monoisotopic (exact) mass is 302 g/mol. The summed E-state index contributed by atoms with van der Waals surface area (Å²) in [6.07, 6.45) is 2.21. The summed E-state index contributed by atoms with van der Waals surface area (Å²) in [6.45, 7) is 0.275. The van der Waals surface area contributed by atoms with Crippen LogP contribution in [0.3, 0.4) is 0 Å². The third kappa shape index (κ3) is 2.68. The Morgan fingerprint density at radius 3 is 2.64 bits per heavy atom. The first-order chi connectivity index (χ1) is 10.5. The van der Waals surface area contributed by atoms with Crippen molar-refractivity contribution < 1.29 is 19.5 Å². The number of amides is 2. The molecule has 1 heterocycles. The normalized spacial score (nSPS) is 18.5. The third-order valence-corrected chi connectivity index (χ3v) is 4.29. The van der Waals surface area contributed by atoms with Crippen LogP contribution in [0.25, 0.3) is 0 Å². The zero-order valence-electron chi connectivity index (χ0n) is 12.2. The summed E-state index contributed by atoms with van der Waals surface area (Å²) in [5, 5.41) is 11.6. The highest BCUT2D eigenvalue weighted by Crippen LogP contribution is 2.35. The Hall–Kier alpha value is -2.37. The van der Waals surface area contributed by atoms with Crippen molar-refractivity contribution in [1.29, 1.82) is 0 Å². The Morgan fingerprint density at radius 1 is 1.23 bits per heavy atom. The van der Waals surface area contributed by atoms with Crippen molar-refractivity contribution in [3.63, 3.8) is 0 Å². The van der Waals surface area contributed by atoms with E-state index in [0.29, 0.717) is 19.3 Å². The molecule has 0 atom stereocenters. The highest BCUT2D eigenvalue weighted by molar-refractivity contribution is 5.97. The number of carboxylic acid groups (broad SMARTS) is 1. The van der Waals surface area contributed by atoms with Gasteiger partial charge in [-0.05, 0) is 30.9 Å². The summed E-state index contributed by atoms with van der Waals surface area (Å²) >= 11 is 0. The predicted octanol–water partition coefficient (Wildman–Crippen LogP) is 1.09. The molecule has 2 aliphatic rings. The molecule has 1 aromatic carbocycles. The molecular weight excluding hydrogens is 284 g/mol. The quantitative estimate of drug-likeness (QED) is 0.852. The Kier molecular flexibility index (Phi) is 3.60. The topological polar surface area (TPSA) is 86.7 Å². The summed E-state index contributed by atoms with van der Waals surface area (Å²) in [5.74, 6) is -1.30. The van der Waals surface area contributed by atoms with Gasteiger partial charge in [0.25, 0.3) is 0 Å². The number of hydrogen-bond acceptors (Lipinski definition) is 3. The number of anilines is 1. The minimum atomic E-state index is -1.07. The van der Waals surface area contributed by atoms with Crippen molar-refractivity contribution in [2.75, 3.05) is 11.4 Å². The first-order valence-corrected chi connectivity index (χ1v) is 7.44. The van der Waals surface area contributed by atoms with Crippen LogP contribution in [-0.2, 0) is 20.8 Å². The van der Waals surface area contributed by atoms with Crippen molar-refractivity contribution in [3.05, 3.63) is 29.8 Å². The highest BCUT2D eigenvalue weighted by atomic mass is 16.4. The Balaban J connectivity index is 1.63. The van der Waals surface area contributed by atoms with E-state index in [2.05, 4.69) is 5.32 Å². The number of benzene rings is 1. The van der Waals surface area contributed by atoms with Crippen LogP contribution in [0.2, 0.25) is 0 Å². The molecule has 0 aromatic heterocycles. The number of aryl methyl sites for hydroxylation is 1. The first-order valence-electron chi connectivity index (χ1n) is 7.44. The minimum Gasteiger partial charge on any atom is -0.480 e. The van der Waals surface area contributed by atoms with Crippen molar-refractivity contribution in [2.24, 2.45) is 0 Å². The van der Waals surface area contributed by atoms with E-state index in [1.807, 2.05) is 24.3 Å². The van der Waals surface area contributed by atoms with E-state index in [4.69, 9.17) is 5.11 Å². The number of para-hydroxylation sites is 1. The predicted molar refractivity (Wildman–Crippen MR) is 79.5 cm³/mol. The molecule has 6 nitrogen and oxygen atoms in total. The summed E-state index contributed by atoms with van der Waals surface area (Å²) in [4.78, 5) is 36.7. The molecule has 1 aliphatic carbocycles. The number of hydrogen-bond donors (Lipinski definition) is 2. The number of aliphatic carboxylic acids is 1. The van der Waals surface area contributed by atoms with E-state index < -0.39 is 11.5 Å². The van der Waals surface area contributed by atoms with Crippen LogP contribution in [0, 0.1) is 0 Å². The van der Waals surface area contributed by atoms with Gasteiger partial charge >= 0.3 is 5.97 Å². The molecule has 116 valence electrons. The van der Waals surface area contributed by atoms with Crippen molar-refractivity contribution in [3.8, 4) is 0 Å². The highest BCUT2D eigenvalue weighted by Gasteiger charge is 2.51. The number of fused-ring (bicyclic) bond motifs is 1. The standard InChI is InChI=1S/C16H18N2O4/c19-13(17-16(8-9-16)15(21)22)7-10-18-12-4-2-1-3-11(12)5-6-14(18)20/h1-4H,5-10H2,(H,17,19)(H,21,22). The molecule has 1 fully saturated rings. The fourth-order valence-electron chi connectivity index (χ4n) is 2.80. The van der Waals surface area contributed by atoms with E-state index in [1.165, 1.54) is 0 Å². The molecule has 0 unspecified atom stereocenters. The molecule has 1 aliphatic heterocycles. The molecule has 0 spiro atoms. The number of nitrogens with one attached hydrogen (secondary N) is 1. The zero-order valence-corrected chi connectivity index (χ0v) is 12.2. The lowest BCUT2D eigenvalue weighted by Crippen LogP contribution is -2.45. The molecule has 2 amide bonds. The minimum absolute atomic E-state index is 0.00543. The van der Waals surface area contributed by atoms with Crippen LogP contribution in [0.4, 0.5) is 5.69 Å². The molecule has 0 radical (unpaired) electrons. The van der Waals surface area contributed by atoms with Crippen molar-refractivity contribution in [1.82, 2.24) is 5.32 Å². The van der Waals surface area contributed by atoms with Gasteiger partial charge in [0.15, 0.2) is 0 Å². The average Bonchev–Trinajstić information content (AvgIpc) is 3.27. The molecule has 3 rings (SSSR count). The summed E-state index contributed by atoms with van der Waals surface area (Å²) in [7, 11) is 0. The Labute approximate surface area is 128 Å². The van der Waals surface area contributed by atoms with Gasteiger partial charge in [-0.2, -0.15) is 0 Å². The molecular formula is C16H18N2O4. The molecule has 1 aromatic rings. The molecule has 2 N–H and O–H groups in total. The third-order valence-electron chi connectivity index (χ3n) is 4.29. The molecule has 6 heteroatoms. The van der Waals surface area contributed by atoms with Gasteiger partial charge < -0.3 is 15.3 Å². The largest absolute Gasteiger partial charge is 0.480 e. The van der Waals surface area contributed by atoms with Crippen LogP contribution in [0.15, 0.2) is 24.3 Å². The molecule has 22 heavy (non-hydrogen) atoms. The lowest BCUT2D eigenvalue weighted by molar-refractivity contribution is -0.143. The number of carbonyl (C=O) groups is 3. The second-order valence-corrected chi connectivity index (χ2v) is 5.86. The van der Waals surface area contributed by atoms with Gasteiger partial charge in [0, 0.05) is 25.1 Å². The summed E-state index contributed by atoms with van der Waals surface area (Å²) in [5.41, 5.74) is 0.888. The van der Waals surface area contributed by atoms with E-state index in [0.717, 1.165) is 17.7 Å². The summed E-state index contributed by atoms with van der Waals surface area (Å²) < 4.78 is 0. The SMILES string of the molecule is O=C(CCN1C(=O)CCc2ccccc21)NC1(C(=O)O)CC1. The Morgan fingerprint density at radius 2 is 1.95 bits per heavy atom. The number of nitrogens with zero attached hydrogens (tertiary/aromatic N) is 1. The van der Waals surface area contributed by atoms with Crippen molar-refractivity contribution >= 4 is 23.5 Å². The van der Waals surface area contributed by atoms with E-state index in [1.54, 1.807) is 4.90 Å². The van der Waals surface area contributed by atoms with Crippen LogP contribution in [0.5, 0.6) is 0 Å². The van der Waals surface area contributed by atoms with Gasteiger partial charge in [0.2, 0.25) is 11.8 Å². The maximum absolute atomic E-state index is 12.1. The van der Waals surface area contributed by atoms with E-state index in [-0.39, 0.29) is 24.8 Å². The van der Waals surface area contributed by atoms with Crippen molar-refractivity contribution in [2.45, 2.75) is 37.6 Å². The van der Waals surface area contributed by atoms with Gasteiger partial charge in [-0.1, -0.05) is 18.2 Å². The zero-order chi connectivity index (χ0) is 15.7.